The number of nitrogens with zero attached hydrogens (tertiary/aromatic N) is 3. The molecule has 0 atom stereocenters. The smallest absolute Gasteiger partial charge is 0.216 e. The second-order valence-corrected chi connectivity index (χ2v) is 3.92. The standard InChI is InChI=1S/C11H10F2N4S/c1-2-10-15-16-11(18)17(10)14-6-7-3-4-8(12)9(13)5-7/h3-6H,2H2,1H3,(H,16,18)/b14-6-. The largest absolute Gasteiger partial charge is 0.250 e. The maximum atomic E-state index is 13.0. The molecule has 2 aromatic rings. The summed E-state index contributed by atoms with van der Waals surface area (Å²) in [6, 6.07) is 3.54. The zero-order valence-electron chi connectivity index (χ0n) is 9.52. The van der Waals surface area contributed by atoms with Gasteiger partial charge in [0.05, 0.1) is 6.21 Å². The van der Waals surface area contributed by atoms with Crippen LogP contribution in [0.15, 0.2) is 23.3 Å². The SMILES string of the molecule is CCc1n[nH]c(=S)n1/N=C\c1ccc(F)c(F)c1. The molecule has 1 aromatic heterocycles. The summed E-state index contributed by atoms with van der Waals surface area (Å²) in [6.07, 6.45) is 2.05. The van der Waals surface area contributed by atoms with Crippen LogP contribution >= 0.6 is 12.2 Å². The third kappa shape index (κ3) is 2.51. The van der Waals surface area contributed by atoms with Gasteiger partial charge in [-0.3, -0.25) is 5.10 Å². The highest BCUT2D eigenvalue weighted by Crippen LogP contribution is 2.07. The van der Waals surface area contributed by atoms with E-state index in [0.717, 1.165) is 12.1 Å². The van der Waals surface area contributed by atoms with E-state index in [2.05, 4.69) is 15.3 Å². The number of nitrogens with one attached hydrogen (secondary N) is 1. The Kier molecular flexibility index (Phi) is 3.61. The van der Waals surface area contributed by atoms with Gasteiger partial charge in [-0.2, -0.15) is 14.9 Å². The molecule has 1 heterocycles. The molecule has 0 aliphatic carbocycles. The Labute approximate surface area is 107 Å². The van der Waals surface area contributed by atoms with Crippen LogP contribution in [0.1, 0.15) is 18.3 Å². The molecule has 2 rings (SSSR count). The lowest BCUT2D eigenvalue weighted by Gasteiger charge is -1.97. The first kappa shape index (κ1) is 12.6. The van der Waals surface area contributed by atoms with Gasteiger partial charge in [-0.1, -0.05) is 13.0 Å². The van der Waals surface area contributed by atoms with E-state index in [0.29, 0.717) is 22.6 Å². The van der Waals surface area contributed by atoms with Gasteiger partial charge in [0.15, 0.2) is 17.5 Å². The average molecular weight is 268 g/mol. The lowest BCUT2D eigenvalue weighted by molar-refractivity contribution is 0.508. The number of halogens is 2. The van der Waals surface area contributed by atoms with Gasteiger partial charge in [0, 0.05) is 6.42 Å². The molecular weight excluding hydrogens is 258 g/mol. The van der Waals surface area contributed by atoms with E-state index in [-0.39, 0.29) is 0 Å². The molecule has 1 aromatic carbocycles. The van der Waals surface area contributed by atoms with E-state index in [9.17, 15) is 8.78 Å². The summed E-state index contributed by atoms with van der Waals surface area (Å²) in [7, 11) is 0. The van der Waals surface area contributed by atoms with Gasteiger partial charge in [0.25, 0.3) is 0 Å². The van der Waals surface area contributed by atoms with Crippen molar-refractivity contribution in [3.8, 4) is 0 Å². The lowest BCUT2D eigenvalue weighted by Crippen LogP contribution is -1.97. The Morgan fingerprint density at radius 2 is 2.22 bits per heavy atom. The summed E-state index contributed by atoms with van der Waals surface area (Å²) in [5, 5.41) is 10.7. The zero-order valence-corrected chi connectivity index (χ0v) is 10.3. The quantitative estimate of drug-likeness (QED) is 0.687. The van der Waals surface area contributed by atoms with Crippen LogP contribution < -0.4 is 0 Å². The molecule has 0 bridgehead atoms. The van der Waals surface area contributed by atoms with Crippen LogP contribution in [-0.2, 0) is 6.42 Å². The third-order valence-electron chi connectivity index (χ3n) is 2.30. The summed E-state index contributed by atoms with van der Waals surface area (Å²) < 4.78 is 27.5. The van der Waals surface area contributed by atoms with Crippen LogP contribution in [0.25, 0.3) is 0 Å². The third-order valence-corrected chi connectivity index (χ3v) is 2.56. The molecule has 0 saturated carbocycles. The van der Waals surface area contributed by atoms with E-state index in [1.54, 1.807) is 0 Å². The first-order chi connectivity index (χ1) is 8.61. The van der Waals surface area contributed by atoms with Crippen LogP contribution in [0.3, 0.4) is 0 Å². The van der Waals surface area contributed by atoms with Crippen molar-refractivity contribution in [2.45, 2.75) is 13.3 Å². The molecule has 1 N–H and O–H groups in total. The van der Waals surface area contributed by atoms with Gasteiger partial charge in [0.1, 0.15) is 0 Å². The summed E-state index contributed by atoms with van der Waals surface area (Å²) in [6.45, 7) is 1.91. The first-order valence-electron chi connectivity index (χ1n) is 5.27. The van der Waals surface area contributed by atoms with Crippen LogP contribution in [0.5, 0.6) is 0 Å². The van der Waals surface area contributed by atoms with E-state index in [4.69, 9.17) is 12.2 Å². The van der Waals surface area contributed by atoms with Crippen molar-refractivity contribution in [3.63, 3.8) is 0 Å². The number of aryl methyl sites for hydroxylation is 1. The van der Waals surface area contributed by atoms with Crippen LogP contribution in [-0.4, -0.2) is 21.1 Å². The van der Waals surface area contributed by atoms with Crippen molar-refractivity contribution >= 4 is 18.4 Å². The number of hydrogen-bond donors (Lipinski definition) is 1. The first-order valence-corrected chi connectivity index (χ1v) is 5.68. The van der Waals surface area contributed by atoms with E-state index in [1.807, 2.05) is 6.92 Å². The number of aromatic nitrogens is 3. The number of rotatable bonds is 3. The van der Waals surface area contributed by atoms with Crippen molar-refractivity contribution in [3.05, 3.63) is 46.0 Å². The molecule has 0 unspecified atom stereocenters. The zero-order chi connectivity index (χ0) is 13.1. The minimum absolute atomic E-state index is 0.352. The topological polar surface area (TPSA) is 46.0 Å². The highest BCUT2D eigenvalue weighted by molar-refractivity contribution is 7.71. The maximum Gasteiger partial charge on any atom is 0.216 e. The Morgan fingerprint density at radius 1 is 1.44 bits per heavy atom. The van der Waals surface area contributed by atoms with E-state index < -0.39 is 11.6 Å². The molecule has 0 radical (unpaired) electrons. The Hall–Kier alpha value is -1.89. The molecule has 4 nitrogen and oxygen atoms in total. The fourth-order valence-electron chi connectivity index (χ4n) is 1.39. The van der Waals surface area contributed by atoms with Gasteiger partial charge < -0.3 is 0 Å². The van der Waals surface area contributed by atoms with Gasteiger partial charge in [-0.25, -0.2) is 8.78 Å². The van der Waals surface area contributed by atoms with E-state index >= 15 is 0 Å². The summed E-state index contributed by atoms with van der Waals surface area (Å²) >= 11 is 5.00. The normalized spacial score (nSPS) is 11.3. The second-order valence-electron chi connectivity index (χ2n) is 3.53. The summed E-state index contributed by atoms with van der Waals surface area (Å²) in [5.41, 5.74) is 0.444. The number of benzene rings is 1. The minimum atomic E-state index is -0.912. The minimum Gasteiger partial charge on any atom is -0.250 e. The molecule has 94 valence electrons. The molecule has 0 fully saturated rings. The van der Waals surface area contributed by atoms with Crippen molar-refractivity contribution < 1.29 is 8.78 Å². The van der Waals surface area contributed by atoms with Gasteiger partial charge in [-0.15, -0.1) is 0 Å². The number of aromatic amines is 1. The molecule has 0 aliphatic heterocycles. The highest BCUT2D eigenvalue weighted by atomic mass is 32.1. The van der Waals surface area contributed by atoms with Gasteiger partial charge in [0.2, 0.25) is 4.77 Å². The molecule has 0 spiro atoms. The van der Waals surface area contributed by atoms with Crippen molar-refractivity contribution in [2.24, 2.45) is 5.10 Å². The number of H-pyrrole nitrogens is 1. The number of hydrogen-bond acceptors (Lipinski definition) is 3. The molecule has 0 amide bonds. The average Bonchev–Trinajstić information content (AvgIpc) is 2.71. The monoisotopic (exact) mass is 268 g/mol. The van der Waals surface area contributed by atoms with Crippen LogP contribution in [0, 0.1) is 16.4 Å². The van der Waals surface area contributed by atoms with Crippen molar-refractivity contribution in [1.29, 1.82) is 0 Å². The summed E-state index contributed by atoms with van der Waals surface area (Å²) in [5.74, 6) is -1.13. The maximum absolute atomic E-state index is 13.0. The Morgan fingerprint density at radius 3 is 2.89 bits per heavy atom. The van der Waals surface area contributed by atoms with Crippen LogP contribution in [0.2, 0.25) is 0 Å². The second kappa shape index (κ2) is 5.18. The van der Waals surface area contributed by atoms with Crippen LogP contribution in [0.4, 0.5) is 8.78 Å². The highest BCUT2D eigenvalue weighted by Gasteiger charge is 2.03. The Balaban J connectivity index is 2.32. The molecule has 0 saturated heterocycles. The molecule has 18 heavy (non-hydrogen) atoms. The van der Waals surface area contributed by atoms with Crippen molar-refractivity contribution in [1.82, 2.24) is 14.9 Å². The lowest BCUT2D eigenvalue weighted by atomic mass is 10.2. The van der Waals surface area contributed by atoms with Gasteiger partial charge in [-0.05, 0) is 29.9 Å². The molecule has 0 aliphatic rings. The summed E-state index contributed by atoms with van der Waals surface area (Å²) in [4.78, 5) is 0. The predicted octanol–water partition coefficient (Wildman–Crippen LogP) is 2.66. The fourth-order valence-corrected chi connectivity index (χ4v) is 1.59. The van der Waals surface area contributed by atoms with E-state index in [1.165, 1.54) is 17.0 Å². The molecule has 7 heteroatoms. The van der Waals surface area contributed by atoms with Crippen molar-refractivity contribution in [2.75, 3.05) is 0 Å². The Bertz CT molecular complexity index is 645. The van der Waals surface area contributed by atoms with Gasteiger partial charge >= 0.3 is 0 Å². The molecular formula is C11H10F2N4S. The predicted molar refractivity (Wildman–Crippen MR) is 66.1 cm³/mol. The fraction of sp³-hybridized carbons (Fsp3) is 0.182.